The highest BCUT2D eigenvalue weighted by atomic mass is 16.6. The van der Waals surface area contributed by atoms with E-state index in [1.165, 1.54) is 11.5 Å². The molecule has 82 valence electrons. The zero-order valence-corrected chi connectivity index (χ0v) is 8.68. The minimum absolute atomic E-state index is 0.136. The fourth-order valence-corrected chi connectivity index (χ4v) is 1.12. The lowest BCUT2D eigenvalue weighted by Crippen LogP contribution is -2.06. The molecule has 7 heteroatoms. The van der Waals surface area contributed by atoms with E-state index in [0.717, 1.165) is 0 Å². The lowest BCUT2D eigenvalue weighted by atomic mass is 10.4. The summed E-state index contributed by atoms with van der Waals surface area (Å²) in [7, 11) is 1.63. The SMILES string of the molecule is CC(=O)OCc1c([N+](=O)[O-])nc(C)n1C. The summed E-state index contributed by atoms with van der Waals surface area (Å²) in [5.41, 5.74) is 0.285. The maximum Gasteiger partial charge on any atom is 0.388 e. The molecule has 15 heavy (non-hydrogen) atoms. The van der Waals surface area contributed by atoms with E-state index >= 15 is 0 Å². The molecule has 0 aliphatic heterocycles. The molecule has 0 N–H and O–H groups in total. The highest BCUT2D eigenvalue weighted by molar-refractivity contribution is 5.66. The number of aromatic nitrogens is 2. The van der Waals surface area contributed by atoms with E-state index < -0.39 is 10.9 Å². The monoisotopic (exact) mass is 213 g/mol. The summed E-state index contributed by atoms with van der Waals surface area (Å²) in [5.74, 6) is -0.247. The number of nitro groups is 1. The Kier molecular flexibility index (Phi) is 3.03. The van der Waals surface area contributed by atoms with Crippen molar-refractivity contribution >= 4 is 11.8 Å². The molecule has 1 rings (SSSR count). The van der Waals surface area contributed by atoms with Crippen LogP contribution < -0.4 is 0 Å². The summed E-state index contributed by atoms with van der Waals surface area (Å²) in [6.45, 7) is 2.75. The molecule has 0 amide bonds. The third-order valence-electron chi connectivity index (χ3n) is 2.00. The number of carbonyl (C=O) groups is 1. The Morgan fingerprint density at radius 2 is 2.27 bits per heavy atom. The number of imidazole rings is 1. The normalized spacial score (nSPS) is 10.1. The Bertz CT molecular complexity index is 410. The first-order chi connectivity index (χ1) is 6.93. The molecule has 7 nitrogen and oxygen atoms in total. The number of ether oxygens (including phenoxy) is 1. The summed E-state index contributed by atoms with van der Waals surface area (Å²) in [4.78, 5) is 24.4. The zero-order valence-electron chi connectivity index (χ0n) is 8.68. The molecule has 1 aromatic heterocycles. The minimum Gasteiger partial charge on any atom is -0.459 e. The number of rotatable bonds is 3. The number of esters is 1. The molecule has 0 aromatic carbocycles. The fourth-order valence-electron chi connectivity index (χ4n) is 1.12. The molecule has 0 fully saturated rings. The van der Waals surface area contributed by atoms with Gasteiger partial charge in [-0.1, -0.05) is 0 Å². The van der Waals surface area contributed by atoms with Gasteiger partial charge in [0.2, 0.25) is 5.82 Å². The van der Waals surface area contributed by atoms with Crippen molar-refractivity contribution < 1.29 is 14.5 Å². The minimum atomic E-state index is -0.591. The molecule has 0 radical (unpaired) electrons. The molecule has 0 unspecified atom stereocenters. The third kappa shape index (κ3) is 2.30. The van der Waals surface area contributed by atoms with Crippen LogP contribution in [0.3, 0.4) is 0 Å². The van der Waals surface area contributed by atoms with E-state index in [2.05, 4.69) is 4.98 Å². The van der Waals surface area contributed by atoms with E-state index in [1.54, 1.807) is 14.0 Å². The van der Waals surface area contributed by atoms with Crippen LogP contribution in [-0.2, 0) is 23.2 Å². The first kappa shape index (κ1) is 11.2. The Hall–Kier alpha value is -1.92. The van der Waals surface area contributed by atoms with E-state index in [9.17, 15) is 14.9 Å². The second-order valence-corrected chi connectivity index (χ2v) is 3.03. The number of hydrogen-bond acceptors (Lipinski definition) is 5. The number of nitrogens with zero attached hydrogens (tertiary/aromatic N) is 3. The Balaban J connectivity index is 3.02. The average molecular weight is 213 g/mol. The van der Waals surface area contributed by atoms with Gasteiger partial charge in [0.05, 0.1) is 0 Å². The van der Waals surface area contributed by atoms with Gasteiger partial charge >= 0.3 is 11.8 Å². The summed E-state index contributed by atoms with van der Waals surface area (Å²) in [6, 6.07) is 0. The van der Waals surface area contributed by atoms with Crippen LogP contribution >= 0.6 is 0 Å². The third-order valence-corrected chi connectivity index (χ3v) is 2.00. The molecule has 1 aromatic rings. The highest BCUT2D eigenvalue weighted by Crippen LogP contribution is 2.18. The van der Waals surface area contributed by atoms with Gasteiger partial charge in [-0.05, 0) is 9.91 Å². The Labute approximate surface area is 85.8 Å². The smallest absolute Gasteiger partial charge is 0.388 e. The maximum atomic E-state index is 10.6. The second-order valence-electron chi connectivity index (χ2n) is 3.03. The second kappa shape index (κ2) is 4.07. The highest BCUT2D eigenvalue weighted by Gasteiger charge is 2.23. The van der Waals surface area contributed by atoms with Gasteiger partial charge < -0.3 is 19.4 Å². The van der Waals surface area contributed by atoms with Crippen LogP contribution in [0, 0.1) is 17.0 Å². The van der Waals surface area contributed by atoms with Crippen molar-refractivity contribution in [2.24, 2.45) is 7.05 Å². The van der Waals surface area contributed by atoms with Gasteiger partial charge in [0.1, 0.15) is 6.61 Å². The predicted octanol–water partition coefficient (Wildman–Crippen LogP) is 0.700. The van der Waals surface area contributed by atoms with Crippen LogP contribution in [0.1, 0.15) is 18.4 Å². The van der Waals surface area contributed by atoms with Gasteiger partial charge in [-0.2, -0.15) is 0 Å². The van der Waals surface area contributed by atoms with Crippen molar-refractivity contribution in [3.8, 4) is 0 Å². The topological polar surface area (TPSA) is 87.3 Å². The van der Waals surface area contributed by atoms with Gasteiger partial charge in [-0.15, -0.1) is 0 Å². The molecule has 0 bridgehead atoms. The summed E-state index contributed by atoms with van der Waals surface area (Å²) >= 11 is 0. The molecule has 0 saturated heterocycles. The van der Waals surface area contributed by atoms with Gasteiger partial charge in [0, 0.05) is 20.9 Å². The van der Waals surface area contributed by atoms with Crippen LogP contribution in [0.5, 0.6) is 0 Å². The molecular formula is C8H11N3O4. The number of hydrogen-bond donors (Lipinski definition) is 0. The van der Waals surface area contributed by atoms with Crippen LogP contribution in [0.4, 0.5) is 5.82 Å². The van der Waals surface area contributed by atoms with E-state index in [-0.39, 0.29) is 18.1 Å². The first-order valence-corrected chi connectivity index (χ1v) is 4.23. The van der Waals surface area contributed by atoms with Crippen LogP contribution in [-0.4, -0.2) is 20.4 Å². The van der Waals surface area contributed by atoms with E-state index in [0.29, 0.717) is 5.82 Å². The number of carbonyl (C=O) groups excluding carboxylic acids is 1. The molecule has 1 heterocycles. The average Bonchev–Trinajstić information content (AvgIpc) is 2.41. The van der Waals surface area contributed by atoms with Crippen LogP contribution in [0.25, 0.3) is 0 Å². The van der Waals surface area contributed by atoms with Crippen LogP contribution in [0.2, 0.25) is 0 Å². The standard InChI is InChI=1S/C8H11N3O4/c1-5-9-8(11(13)14)7(10(5)3)4-15-6(2)12/h4H2,1-3H3. The van der Waals surface area contributed by atoms with Gasteiger partial charge in [-0.25, -0.2) is 0 Å². The summed E-state index contributed by atoms with van der Waals surface area (Å²) < 4.78 is 6.24. The summed E-state index contributed by atoms with van der Waals surface area (Å²) in [5, 5.41) is 10.6. The predicted molar refractivity (Wildman–Crippen MR) is 50.1 cm³/mol. The Morgan fingerprint density at radius 3 is 2.73 bits per heavy atom. The van der Waals surface area contributed by atoms with Crippen molar-refractivity contribution in [2.45, 2.75) is 20.5 Å². The fraction of sp³-hybridized carbons (Fsp3) is 0.500. The van der Waals surface area contributed by atoms with Crippen molar-refractivity contribution in [3.05, 3.63) is 21.6 Å². The molecule has 0 aliphatic rings. The number of aryl methyl sites for hydroxylation is 1. The van der Waals surface area contributed by atoms with Gasteiger partial charge in [0.15, 0.2) is 5.69 Å². The quantitative estimate of drug-likeness (QED) is 0.419. The van der Waals surface area contributed by atoms with E-state index in [1.807, 2.05) is 0 Å². The first-order valence-electron chi connectivity index (χ1n) is 4.23. The van der Waals surface area contributed by atoms with Gasteiger partial charge in [-0.3, -0.25) is 4.79 Å². The van der Waals surface area contributed by atoms with Crippen molar-refractivity contribution in [1.82, 2.24) is 9.55 Å². The van der Waals surface area contributed by atoms with Crippen molar-refractivity contribution in [1.29, 1.82) is 0 Å². The zero-order chi connectivity index (χ0) is 11.6. The summed E-state index contributed by atoms with van der Waals surface area (Å²) in [6.07, 6.45) is 0. The maximum absolute atomic E-state index is 10.6. The van der Waals surface area contributed by atoms with Gasteiger partial charge in [0.25, 0.3) is 0 Å². The molecule has 0 atom stereocenters. The molecule has 0 saturated carbocycles. The molecule has 0 aliphatic carbocycles. The van der Waals surface area contributed by atoms with Crippen molar-refractivity contribution in [3.63, 3.8) is 0 Å². The lowest BCUT2D eigenvalue weighted by Gasteiger charge is -2.02. The molecule has 0 spiro atoms. The molecular weight excluding hydrogens is 202 g/mol. The lowest BCUT2D eigenvalue weighted by molar-refractivity contribution is -0.390. The van der Waals surface area contributed by atoms with Crippen molar-refractivity contribution in [2.75, 3.05) is 0 Å². The van der Waals surface area contributed by atoms with E-state index in [4.69, 9.17) is 4.74 Å². The Morgan fingerprint density at radius 1 is 1.67 bits per heavy atom. The largest absolute Gasteiger partial charge is 0.459 e. The van der Waals surface area contributed by atoms with Crippen LogP contribution in [0.15, 0.2) is 0 Å².